The molecule has 2 aliphatic heterocycles. The molecule has 144 valence electrons. The Bertz CT molecular complexity index is 623. The maximum Gasteiger partial charge on any atom is 0.228 e. The van der Waals surface area contributed by atoms with Gasteiger partial charge in [0.1, 0.15) is 0 Å². The Balaban J connectivity index is 0.00000243. The van der Waals surface area contributed by atoms with Crippen molar-refractivity contribution in [1.82, 2.24) is 9.80 Å². The molecule has 5 nitrogen and oxygen atoms in total. The molecule has 2 aliphatic rings. The van der Waals surface area contributed by atoms with Crippen LogP contribution in [0.2, 0.25) is 0 Å². The van der Waals surface area contributed by atoms with Gasteiger partial charge in [0.25, 0.3) is 0 Å². The monoisotopic (exact) mass is 379 g/mol. The lowest BCUT2D eigenvalue weighted by Crippen LogP contribution is -2.51. The van der Waals surface area contributed by atoms with Crippen LogP contribution in [0.25, 0.3) is 0 Å². The van der Waals surface area contributed by atoms with Crippen molar-refractivity contribution in [2.24, 2.45) is 17.6 Å². The third-order valence-corrected chi connectivity index (χ3v) is 5.83. The Hall–Kier alpha value is -1.59. The van der Waals surface area contributed by atoms with Gasteiger partial charge in [-0.2, -0.15) is 0 Å². The van der Waals surface area contributed by atoms with Crippen molar-refractivity contribution in [3.8, 4) is 0 Å². The summed E-state index contributed by atoms with van der Waals surface area (Å²) in [4.78, 5) is 29.3. The SMILES string of the molecule is CC(N)C1CCCN(C(=O)C2CCC(=O)N(C)C2c2ccccc2)C1.Cl. The number of nitrogens with zero attached hydrogens (tertiary/aromatic N) is 2. The minimum atomic E-state index is -0.175. The molecule has 0 bridgehead atoms. The molecule has 2 amide bonds. The smallest absolute Gasteiger partial charge is 0.228 e. The van der Waals surface area contributed by atoms with Gasteiger partial charge in [0, 0.05) is 32.6 Å². The molecule has 0 saturated carbocycles. The highest BCUT2D eigenvalue weighted by molar-refractivity contribution is 5.85. The lowest BCUT2D eigenvalue weighted by molar-refractivity contribution is -0.147. The van der Waals surface area contributed by atoms with Crippen LogP contribution >= 0.6 is 12.4 Å². The second-order valence-corrected chi connectivity index (χ2v) is 7.55. The Morgan fingerprint density at radius 2 is 1.92 bits per heavy atom. The molecule has 1 aromatic rings. The van der Waals surface area contributed by atoms with E-state index in [-0.39, 0.29) is 42.2 Å². The zero-order valence-electron chi connectivity index (χ0n) is 15.6. The maximum absolute atomic E-state index is 13.3. The van der Waals surface area contributed by atoms with Gasteiger partial charge >= 0.3 is 0 Å². The van der Waals surface area contributed by atoms with Crippen molar-refractivity contribution in [1.29, 1.82) is 0 Å². The summed E-state index contributed by atoms with van der Waals surface area (Å²) in [5.41, 5.74) is 7.11. The first-order valence-electron chi connectivity index (χ1n) is 9.34. The molecule has 1 aromatic carbocycles. The number of halogens is 1. The number of piperidine rings is 2. The predicted octanol–water partition coefficient (Wildman–Crippen LogP) is 2.60. The number of carbonyl (C=O) groups excluding carboxylic acids is 2. The number of hydrogen-bond acceptors (Lipinski definition) is 3. The molecule has 2 saturated heterocycles. The van der Waals surface area contributed by atoms with Gasteiger partial charge in [0.2, 0.25) is 11.8 Å². The molecule has 4 atom stereocenters. The lowest BCUT2D eigenvalue weighted by Gasteiger charge is -2.42. The summed E-state index contributed by atoms with van der Waals surface area (Å²) >= 11 is 0. The number of nitrogens with two attached hydrogens (primary N) is 1. The summed E-state index contributed by atoms with van der Waals surface area (Å²) in [5.74, 6) is 0.497. The van der Waals surface area contributed by atoms with Crippen LogP contribution in [0.1, 0.15) is 44.2 Å². The van der Waals surface area contributed by atoms with E-state index < -0.39 is 0 Å². The fraction of sp³-hybridized carbons (Fsp3) is 0.600. The van der Waals surface area contributed by atoms with Crippen LogP contribution in [-0.2, 0) is 9.59 Å². The average Bonchev–Trinajstić information content (AvgIpc) is 2.64. The molecule has 2 N–H and O–H groups in total. The van der Waals surface area contributed by atoms with Crippen LogP contribution in [-0.4, -0.2) is 47.8 Å². The molecule has 0 aliphatic carbocycles. The van der Waals surface area contributed by atoms with Crippen molar-refractivity contribution < 1.29 is 9.59 Å². The van der Waals surface area contributed by atoms with Crippen LogP contribution in [0.15, 0.2) is 30.3 Å². The minimum absolute atomic E-state index is 0. The van der Waals surface area contributed by atoms with Gasteiger partial charge in [-0.3, -0.25) is 9.59 Å². The first kappa shape index (κ1) is 20.7. The van der Waals surface area contributed by atoms with Crippen LogP contribution in [0, 0.1) is 11.8 Å². The van der Waals surface area contributed by atoms with Crippen LogP contribution in [0.5, 0.6) is 0 Å². The summed E-state index contributed by atoms with van der Waals surface area (Å²) in [6.07, 6.45) is 3.17. The third-order valence-electron chi connectivity index (χ3n) is 5.83. The van der Waals surface area contributed by atoms with Crippen LogP contribution in [0.3, 0.4) is 0 Å². The van der Waals surface area contributed by atoms with Crippen LogP contribution < -0.4 is 5.73 Å². The van der Waals surface area contributed by atoms with Crippen LogP contribution in [0.4, 0.5) is 0 Å². The standard InChI is InChI=1S/C20H29N3O2.ClH/c1-14(21)16-9-6-12-23(13-16)20(25)17-10-11-18(24)22(2)19(17)15-7-4-3-5-8-15;/h3-5,7-8,14,16-17,19H,6,9-13,21H2,1-2H3;1H. The summed E-state index contributed by atoms with van der Waals surface area (Å²) in [6, 6.07) is 9.86. The van der Waals surface area contributed by atoms with Gasteiger partial charge < -0.3 is 15.5 Å². The summed E-state index contributed by atoms with van der Waals surface area (Å²) in [6.45, 7) is 3.57. The Kier molecular flexibility index (Phi) is 7.07. The predicted molar refractivity (Wildman–Crippen MR) is 105 cm³/mol. The number of benzene rings is 1. The van der Waals surface area contributed by atoms with E-state index in [1.807, 2.05) is 49.2 Å². The number of rotatable bonds is 3. The highest BCUT2D eigenvalue weighted by Gasteiger charge is 2.41. The van der Waals surface area contributed by atoms with Gasteiger partial charge in [0.15, 0.2) is 0 Å². The van der Waals surface area contributed by atoms with E-state index in [2.05, 4.69) is 0 Å². The quantitative estimate of drug-likeness (QED) is 0.877. The Morgan fingerprint density at radius 3 is 2.58 bits per heavy atom. The van der Waals surface area contributed by atoms with Gasteiger partial charge in [-0.25, -0.2) is 0 Å². The fourth-order valence-corrected chi connectivity index (χ4v) is 4.28. The highest BCUT2D eigenvalue weighted by atomic mass is 35.5. The average molecular weight is 380 g/mol. The molecular formula is C20H30ClN3O2. The topological polar surface area (TPSA) is 66.6 Å². The van der Waals surface area contributed by atoms with Gasteiger partial charge in [-0.05, 0) is 37.7 Å². The third kappa shape index (κ3) is 4.21. The molecule has 2 heterocycles. The lowest BCUT2D eigenvalue weighted by atomic mass is 9.82. The van der Waals surface area contributed by atoms with E-state index in [9.17, 15) is 9.59 Å². The number of carbonyl (C=O) groups is 2. The van der Waals surface area contributed by atoms with Gasteiger partial charge in [0.05, 0.1) is 12.0 Å². The van der Waals surface area contributed by atoms with E-state index in [1.165, 1.54) is 0 Å². The second-order valence-electron chi connectivity index (χ2n) is 7.55. The van der Waals surface area contributed by atoms with Crippen molar-refractivity contribution >= 4 is 24.2 Å². The van der Waals surface area contributed by atoms with E-state index in [4.69, 9.17) is 5.73 Å². The Morgan fingerprint density at radius 1 is 1.23 bits per heavy atom. The largest absolute Gasteiger partial charge is 0.342 e. The van der Waals surface area contributed by atoms with E-state index in [0.29, 0.717) is 18.8 Å². The van der Waals surface area contributed by atoms with Crippen molar-refractivity contribution in [3.63, 3.8) is 0 Å². The summed E-state index contributed by atoms with van der Waals surface area (Å²) < 4.78 is 0. The highest BCUT2D eigenvalue weighted by Crippen LogP contribution is 2.37. The molecule has 3 rings (SSSR count). The van der Waals surface area contributed by atoms with E-state index in [0.717, 1.165) is 31.5 Å². The normalized spacial score (nSPS) is 27.7. The summed E-state index contributed by atoms with van der Waals surface area (Å²) in [5, 5.41) is 0. The molecular weight excluding hydrogens is 350 g/mol. The zero-order valence-corrected chi connectivity index (χ0v) is 16.5. The van der Waals surface area contributed by atoms with Gasteiger partial charge in [-0.15, -0.1) is 12.4 Å². The van der Waals surface area contributed by atoms with E-state index in [1.54, 1.807) is 4.90 Å². The first-order valence-corrected chi connectivity index (χ1v) is 9.34. The summed E-state index contributed by atoms with van der Waals surface area (Å²) in [7, 11) is 1.82. The van der Waals surface area contributed by atoms with Crippen molar-refractivity contribution in [2.75, 3.05) is 20.1 Å². The number of hydrogen-bond donors (Lipinski definition) is 1. The minimum Gasteiger partial charge on any atom is -0.342 e. The number of likely N-dealkylation sites (tertiary alicyclic amines) is 2. The molecule has 0 aromatic heterocycles. The van der Waals surface area contributed by atoms with Crippen molar-refractivity contribution in [2.45, 2.75) is 44.7 Å². The molecule has 2 fully saturated rings. The molecule has 0 radical (unpaired) electrons. The second kappa shape index (κ2) is 8.87. The molecule has 6 heteroatoms. The maximum atomic E-state index is 13.3. The van der Waals surface area contributed by atoms with Gasteiger partial charge in [-0.1, -0.05) is 30.3 Å². The first-order chi connectivity index (χ1) is 12.0. The molecule has 26 heavy (non-hydrogen) atoms. The Labute approximate surface area is 162 Å². The molecule has 4 unspecified atom stereocenters. The fourth-order valence-electron chi connectivity index (χ4n) is 4.28. The molecule has 0 spiro atoms. The van der Waals surface area contributed by atoms with Crippen molar-refractivity contribution in [3.05, 3.63) is 35.9 Å². The van der Waals surface area contributed by atoms with E-state index >= 15 is 0 Å². The number of amides is 2. The zero-order chi connectivity index (χ0) is 18.0.